The van der Waals surface area contributed by atoms with Crippen molar-refractivity contribution in [2.75, 3.05) is 0 Å². The lowest BCUT2D eigenvalue weighted by molar-refractivity contribution is -0.154. The number of carbonyl (C=O) groups excluding carboxylic acids is 1. The third kappa shape index (κ3) is 5.06. The molecule has 0 atom stereocenters. The molecular formula is C27H21F3O5. The molecule has 0 bridgehead atoms. The van der Waals surface area contributed by atoms with E-state index in [9.17, 15) is 22.8 Å². The molecule has 0 radical (unpaired) electrons. The molecule has 0 N–H and O–H groups in total. The molecule has 0 aliphatic carbocycles. The summed E-state index contributed by atoms with van der Waals surface area (Å²) in [4.78, 5) is 25.5. The highest BCUT2D eigenvalue weighted by Gasteiger charge is 2.40. The van der Waals surface area contributed by atoms with Gasteiger partial charge in [-0.05, 0) is 48.7 Å². The predicted molar refractivity (Wildman–Crippen MR) is 124 cm³/mol. The van der Waals surface area contributed by atoms with Crippen LogP contribution in [0.5, 0.6) is 17.2 Å². The molecule has 0 saturated heterocycles. The first-order valence-electron chi connectivity index (χ1n) is 10.8. The molecule has 4 aromatic rings. The SMILES string of the molecule is Cc1cccc(C(=O)Oc2ccc3c(=O)c(Oc4ccccc4C(C)C)c(C(F)(F)F)oc3c2)c1. The number of esters is 1. The third-order valence-corrected chi connectivity index (χ3v) is 5.30. The second kappa shape index (κ2) is 9.29. The number of halogens is 3. The lowest BCUT2D eigenvalue weighted by Gasteiger charge is -2.16. The Bertz CT molecular complexity index is 1470. The van der Waals surface area contributed by atoms with Crippen molar-refractivity contribution in [1.82, 2.24) is 0 Å². The van der Waals surface area contributed by atoms with E-state index in [2.05, 4.69) is 0 Å². The zero-order valence-corrected chi connectivity index (χ0v) is 19.1. The largest absolute Gasteiger partial charge is 0.453 e. The minimum absolute atomic E-state index is 0.0568. The second-order valence-corrected chi connectivity index (χ2v) is 8.30. The highest BCUT2D eigenvalue weighted by atomic mass is 19.4. The van der Waals surface area contributed by atoms with E-state index >= 15 is 0 Å². The Morgan fingerprint density at radius 1 is 0.971 bits per heavy atom. The average Bonchev–Trinajstić information content (AvgIpc) is 2.80. The van der Waals surface area contributed by atoms with Crippen LogP contribution >= 0.6 is 0 Å². The van der Waals surface area contributed by atoms with Gasteiger partial charge in [-0.2, -0.15) is 13.2 Å². The van der Waals surface area contributed by atoms with Crippen LogP contribution in [0.1, 0.15) is 47.0 Å². The van der Waals surface area contributed by atoms with Gasteiger partial charge in [0.25, 0.3) is 5.76 Å². The maximum atomic E-state index is 13.9. The van der Waals surface area contributed by atoms with E-state index in [4.69, 9.17) is 13.9 Å². The Morgan fingerprint density at radius 2 is 1.71 bits per heavy atom. The van der Waals surface area contributed by atoms with Crippen molar-refractivity contribution >= 4 is 16.9 Å². The molecule has 0 fully saturated rings. The van der Waals surface area contributed by atoms with Gasteiger partial charge in [-0.1, -0.05) is 49.7 Å². The standard InChI is InChI=1S/C27H21F3O5/c1-15(2)19-9-4-5-10-21(19)34-24-23(31)20-12-11-18(14-22(20)35-25(24)27(28,29)30)33-26(32)17-8-6-7-16(3)13-17/h4-15H,1-3H3. The maximum absolute atomic E-state index is 13.9. The number of aryl methyl sites for hydroxylation is 1. The summed E-state index contributed by atoms with van der Waals surface area (Å²) in [5.41, 5.74) is 0.369. The first kappa shape index (κ1) is 24.1. The van der Waals surface area contributed by atoms with Gasteiger partial charge in [-0.15, -0.1) is 0 Å². The number of hydrogen-bond donors (Lipinski definition) is 0. The van der Waals surface area contributed by atoms with Crippen LogP contribution in [0.15, 0.2) is 75.9 Å². The fraction of sp³-hybridized carbons (Fsp3) is 0.185. The zero-order chi connectivity index (χ0) is 25.3. The summed E-state index contributed by atoms with van der Waals surface area (Å²) >= 11 is 0. The molecular weight excluding hydrogens is 461 g/mol. The van der Waals surface area contributed by atoms with Crippen LogP contribution in [0.25, 0.3) is 11.0 Å². The monoisotopic (exact) mass is 482 g/mol. The van der Waals surface area contributed by atoms with Crippen molar-refractivity contribution in [3.8, 4) is 17.2 Å². The lowest BCUT2D eigenvalue weighted by atomic mass is 10.0. The Balaban J connectivity index is 1.78. The smallest absolute Gasteiger partial charge is 0.449 e. The quantitative estimate of drug-likeness (QED) is 0.221. The molecule has 0 aliphatic heterocycles. The van der Waals surface area contributed by atoms with Crippen molar-refractivity contribution in [2.45, 2.75) is 32.9 Å². The third-order valence-electron chi connectivity index (χ3n) is 5.30. The van der Waals surface area contributed by atoms with Crippen LogP contribution in [0.3, 0.4) is 0 Å². The highest BCUT2D eigenvalue weighted by molar-refractivity contribution is 5.92. The minimum Gasteiger partial charge on any atom is -0.449 e. The minimum atomic E-state index is -5.01. The molecule has 0 amide bonds. The van der Waals surface area contributed by atoms with Gasteiger partial charge in [0.15, 0.2) is 0 Å². The molecule has 0 unspecified atom stereocenters. The average molecular weight is 482 g/mol. The van der Waals surface area contributed by atoms with Crippen LogP contribution in [0.4, 0.5) is 13.2 Å². The zero-order valence-electron chi connectivity index (χ0n) is 19.1. The Labute approximate surface area is 198 Å². The molecule has 180 valence electrons. The summed E-state index contributed by atoms with van der Waals surface area (Å²) in [6.45, 7) is 5.52. The normalized spacial score (nSPS) is 11.6. The molecule has 3 aromatic carbocycles. The number of fused-ring (bicyclic) bond motifs is 1. The van der Waals surface area contributed by atoms with Crippen molar-refractivity contribution in [3.63, 3.8) is 0 Å². The van der Waals surface area contributed by atoms with E-state index in [1.807, 2.05) is 13.8 Å². The summed E-state index contributed by atoms with van der Waals surface area (Å²) in [5.74, 6) is -3.23. The highest BCUT2D eigenvalue weighted by Crippen LogP contribution is 2.40. The molecule has 4 rings (SSSR count). The summed E-state index contributed by atoms with van der Waals surface area (Å²) in [5, 5.41) is -0.148. The molecule has 0 aliphatic rings. The summed E-state index contributed by atoms with van der Waals surface area (Å²) in [6.07, 6.45) is -5.01. The summed E-state index contributed by atoms with van der Waals surface area (Å²) in [7, 11) is 0. The number of para-hydroxylation sites is 1. The van der Waals surface area contributed by atoms with Gasteiger partial charge in [0, 0.05) is 6.07 Å². The summed E-state index contributed by atoms with van der Waals surface area (Å²) in [6, 6.07) is 16.8. The molecule has 0 saturated carbocycles. The van der Waals surface area contributed by atoms with Gasteiger partial charge in [-0.3, -0.25) is 4.79 Å². The van der Waals surface area contributed by atoms with Crippen LogP contribution in [0.2, 0.25) is 0 Å². The van der Waals surface area contributed by atoms with E-state index in [0.717, 1.165) is 11.6 Å². The van der Waals surface area contributed by atoms with Crippen molar-refractivity contribution in [3.05, 3.63) is 99.4 Å². The first-order valence-corrected chi connectivity index (χ1v) is 10.8. The van der Waals surface area contributed by atoms with Crippen molar-refractivity contribution in [2.24, 2.45) is 0 Å². The van der Waals surface area contributed by atoms with Gasteiger partial charge in [-0.25, -0.2) is 4.79 Å². The van der Waals surface area contributed by atoms with Crippen LogP contribution in [-0.4, -0.2) is 5.97 Å². The Morgan fingerprint density at radius 3 is 2.40 bits per heavy atom. The lowest BCUT2D eigenvalue weighted by Crippen LogP contribution is -2.16. The van der Waals surface area contributed by atoms with Crippen LogP contribution < -0.4 is 14.9 Å². The van der Waals surface area contributed by atoms with E-state index in [1.165, 1.54) is 18.2 Å². The fourth-order valence-corrected chi connectivity index (χ4v) is 3.60. The van der Waals surface area contributed by atoms with E-state index in [0.29, 0.717) is 5.56 Å². The molecule has 8 heteroatoms. The summed E-state index contributed by atoms with van der Waals surface area (Å²) < 4.78 is 57.6. The topological polar surface area (TPSA) is 65.7 Å². The number of alkyl halides is 3. The molecule has 1 aromatic heterocycles. The number of carbonyl (C=O) groups is 1. The maximum Gasteiger partial charge on any atom is 0.453 e. The molecule has 5 nitrogen and oxygen atoms in total. The van der Waals surface area contributed by atoms with Crippen molar-refractivity contribution < 1.29 is 31.9 Å². The molecule has 0 spiro atoms. The number of rotatable bonds is 5. The Hall–Kier alpha value is -4.07. The van der Waals surface area contributed by atoms with Crippen molar-refractivity contribution in [1.29, 1.82) is 0 Å². The van der Waals surface area contributed by atoms with Gasteiger partial charge in [0.2, 0.25) is 11.2 Å². The van der Waals surface area contributed by atoms with Gasteiger partial charge in [0.1, 0.15) is 17.1 Å². The van der Waals surface area contributed by atoms with Gasteiger partial charge < -0.3 is 13.9 Å². The van der Waals surface area contributed by atoms with Gasteiger partial charge in [0.05, 0.1) is 10.9 Å². The van der Waals surface area contributed by atoms with E-state index in [1.54, 1.807) is 49.4 Å². The number of hydrogen-bond acceptors (Lipinski definition) is 5. The van der Waals surface area contributed by atoms with Gasteiger partial charge >= 0.3 is 12.1 Å². The van der Waals surface area contributed by atoms with E-state index in [-0.39, 0.29) is 33.9 Å². The number of benzene rings is 3. The van der Waals surface area contributed by atoms with Crippen LogP contribution in [0, 0.1) is 6.92 Å². The van der Waals surface area contributed by atoms with Crippen LogP contribution in [-0.2, 0) is 6.18 Å². The van der Waals surface area contributed by atoms with E-state index < -0.39 is 29.1 Å². The molecule has 1 heterocycles. The first-order chi connectivity index (χ1) is 16.5. The predicted octanol–water partition coefficient (Wildman–Crippen LogP) is 7.26. The fourth-order valence-electron chi connectivity index (χ4n) is 3.60. The second-order valence-electron chi connectivity index (χ2n) is 8.30. The Kier molecular flexibility index (Phi) is 6.39. The molecule has 35 heavy (non-hydrogen) atoms. The number of ether oxygens (including phenoxy) is 2.